The van der Waals surface area contributed by atoms with Crippen LogP contribution in [0.15, 0.2) is 36.4 Å². The molecule has 1 heterocycles. The number of ether oxygens (including phenoxy) is 2. The lowest BCUT2D eigenvalue weighted by Gasteiger charge is -2.09. The van der Waals surface area contributed by atoms with E-state index in [4.69, 9.17) is 9.47 Å². The van der Waals surface area contributed by atoms with Crippen LogP contribution in [0.1, 0.15) is 28.2 Å². The molecule has 0 fully saturated rings. The number of benzene rings is 1. The number of hydrogen-bond acceptors (Lipinski definition) is 4. The number of nitrogens with zero attached hydrogens (tertiary/aromatic N) is 1. The fraction of sp³-hybridized carbons (Fsp3) is 0.294. The standard InChI is InChI=1S/C17H19NO3/c1-12-5-4-6-14(18-12)8-9-15(19)13-7-10-16(20-2)17(11-13)21-3/h4-7,10-11H,8-9H2,1-3H3. The van der Waals surface area contributed by atoms with E-state index in [-0.39, 0.29) is 5.78 Å². The lowest BCUT2D eigenvalue weighted by atomic mass is 10.0. The number of carbonyl (C=O) groups excluding carboxylic acids is 1. The van der Waals surface area contributed by atoms with Crippen molar-refractivity contribution in [1.29, 1.82) is 0 Å². The summed E-state index contributed by atoms with van der Waals surface area (Å²) in [6.45, 7) is 1.94. The van der Waals surface area contributed by atoms with Crippen LogP contribution >= 0.6 is 0 Å². The molecule has 1 aromatic heterocycles. The van der Waals surface area contributed by atoms with Crippen molar-refractivity contribution in [3.8, 4) is 11.5 Å². The van der Waals surface area contributed by atoms with Crippen LogP contribution in [0.4, 0.5) is 0 Å². The molecule has 2 rings (SSSR count). The lowest BCUT2D eigenvalue weighted by molar-refractivity contribution is 0.0982. The van der Waals surface area contributed by atoms with E-state index in [2.05, 4.69) is 4.98 Å². The summed E-state index contributed by atoms with van der Waals surface area (Å²) in [4.78, 5) is 16.6. The summed E-state index contributed by atoms with van der Waals surface area (Å²) in [6.07, 6.45) is 1.06. The van der Waals surface area contributed by atoms with Gasteiger partial charge in [-0.05, 0) is 43.7 Å². The Labute approximate surface area is 124 Å². The summed E-state index contributed by atoms with van der Waals surface area (Å²) in [7, 11) is 3.13. The first-order chi connectivity index (χ1) is 10.1. The SMILES string of the molecule is COc1ccc(C(=O)CCc2cccc(C)n2)cc1OC. The Morgan fingerprint density at radius 1 is 1.10 bits per heavy atom. The van der Waals surface area contributed by atoms with Crippen LogP contribution in [0, 0.1) is 6.92 Å². The quantitative estimate of drug-likeness (QED) is 0.765. The van der Waals surface area contributed by atoms with Crippen molar-refractivity contribution in [2.24, 2.45) is 0 Å². The van der Waals surface area contributed by atoms with E-state index in [1.165, 1.54) is 0 Å². The molecule has 1 aromatic carbocycles. The van der Waals surface area contributed by atoms with Gasteiger partial charge in [-0.1, -0.05) is 6.07 Å². The van der Waals surface area contributed by atoms with Gasteiger partial charge >= 0.3 is 0 Å². The minimum absolute atomic E-state index is 0.0688. The van der Waals surface area contributed by atoms with Gasteiger partial charge in [0.2, 0.25) is 0 Å². The molecule has 0 amide bonds. The second-order valence-corrected chi connectivity index (χ2v) is 4.76. The highest BCUT2D eigenvalue weighted by molar-refractivity contribution is 5.96. The lowest BCUT2D eigenvalue weighted by Crippen LogP contribution is -2.03. The molecule has 0 saturated carbocycles. The van der Waals surface area contributed by atoms with Gasteiger partial charge in [0.1, 0.15) is 0 Å². The smallest absolute Gasteiger partial charge is 0.163 e. The van der Waals surface area contributed by atoms with E-state index >= 15 is 0 Å². The second-order valence-electron chi connectivity index (χ2n) is 4.76. The average Bonchev–Trinajstić information content (AvgIpc) is 2.52. The molecule has 0 aliphatic rings. The minimum atomic E-state index is 0.0688. The molecule has 0 radical (unpaired) electrons. The summed E-state index contributed by atoms with van der Waals surface area (Å²) in [5.74, 6) is 1.26. The van der Waals surface area contributed by atoms with Crippen molar-refractivity contribution >= 4 is 5.78 Å². The van der Waals surface area contributed by atoms with Crippen LogP contribution in [0.3, 0.4) is 0 Å². The van der Waals surface area contributed by atoms with Crippen LogP contribution in [0.25, 0.3) is 0 Å². The van der Waals surface area contributed by atoms with Crippen molar-refractivity contribution in [2.45, 2.75) is 19.8 Å². The van der Waals surface area contributed by atoms with E-state index in [0.717, 1.165) is 11.4 Å². The monoisotopic (exact) mass is 285 g/mol. The Kier molecular flexibility index (Phi) is 4.93. The highest BCUT2D eigenvalue weighted by Crippen LogP contribution is 2.28. The number of aryl methyl sites for hydroxylation is 2. The summed E-state index contributed by atoms with van der Waals surface area (Å²) >= 11 is 0. The molecule has 0 saturated heterocycles. The number of Topliss-reactive ketones (excluding diaryl/α,β-unsaturated/α-hetero) is 1. The third-order valence-electron chi connectivity index (χ3n) is 3.26. The topological polar surface area (TPSA) is 48.4 Å². The van der Waals surface area contributed by atoms with E-state index in [9.17, 15) is 4.79 Å². The van der Waals surface area contributed by atoms with Crippen LogP contribution in [0.2, 0.25) is 0 Å². The highest BCUT2D eigenvalue weighted by Gasteiger charge is 2.11. The first kappa shape index (κ1) is 15.0. The van der Waals surface area contributed by atoms with Crippen LogP contribution in [-0.2, 0) is 6.42 Å². The van der Waals surface area contributed by atoms with Crippen molar-refractivity contribution < 1.29 is 14.3 Å². The zero-order valence-corrected chi connectivity index (χ0v) is 12.6. The largest absolute Gasteiger partial charge is 0.493 e. The van der Waals surface area contributed by atoms with Gasteiger partial charge in [-0.3, -0.25) is 9.78 Å². The number of carbonyl (C=O) groups is 1. The third kappa shape index (κ3) is 3.81. The molecule has 4 heteroatoms. The van der Waals surface area contributed by atoms with Crippen molar-refractivity contribution in [1.82, 2.24) is 4.98 Å². The Balaban J connectivity index is 2.06. The Morgan fingerprint density at radius 3 is 2.52 bits per heavy atom. The van der Waals surface area contributed by atoms with Gasteiger partial charge in [0.25, 0.3) is 0 Å². The molecular weight excluding hydrogens is 266 g/mol. The third-order valence-corrected chi connectivity index (χ3v) is 3.26. The van der Waals surface area contributed by atoms with E-state index in [1.807, 2.05) is 25.1 Å². The van der Waals surface area contributed by atoms with E-state index in [1.54, 1.807) is 32.4 Å². The van der Waals surface area contributed by atoms with E-state index in [0.29, 0.717) is 29.9 Å². The van der Waals surface area contributed by atoms with Gasteiger partial charge in [0.15, 0.2) is 17.3 Å². The van der Waals surface area contributed by atoms with Gasteiger partial charge in [0, 0.05) is 23.4 Å². The molecule has 0 spiro atoms. The first-order valence-electron chi connectivity index (χ1n) is 6.82. The molecule has 0 unspecified atom stereocenters. The highest BCUT2D eigenvalue weighted by atomic mass is 16.5. The zero-order valence-electron chi connectivity index (χ0n) is 12.6. The molecule has 110 valence electrons. The first-order valence-corrected chi connectivity index (χ1v) is 6.82. The molecule has 2 aromatic rings. The van der Waals surface area contributed by atoms with Crippen LogP contribution < -0.4 is 9.47 Å². The summed E-state index contributed by atoms with van der Waals surface area (Å²) in [5.41, 5.74) is 2.52. The molecule has 4 nitrogen and oxygen atoms in total. The maximum atomic E-state index is 12.2. The molecule has 0 aliphatic heterocycles. The number of hydrogen-bond donors (Lipinski definition) is 0. The van der Waals surface area contributed by atoms with Crippen molar-refractivity contribution in [3.05, 3.63) is 53.3 Å². The normalized spacial score (nSPS) is 10.2. The molecule has 0 N–H and O–H groups in total. The predicted octanol–water partition coefficient (Wildman–Crippen LogP) is 3.22. The number of pyridine rings is 1. The number of methoxy groups -OCH3 is 2. The number of ketones is 1. The Bertz CT molecular complexity index is 638. The molecular formula is C17H19NO3. The fourth-order valence-electron chi connectivity index (χ4n) is 2.13. The maximum absolute atomic E-state index is 12.2. The van der Waals surface area contributed by atoms with Crippen LogP contribution in [-0.4, -0.2) is 25.0 Å². The van der Waals surface area contributed by atoms with Crippen molar-refractivity contribution in [2.75, 3.05) is 14.2 Å². The maximum Gasteiger partial charge on any atom is 0.163 e. The van der Waals surface area contributed by atoms with Gasteiger partial charge in [-0.2, -0.15) is 0 Å². The zero-order chi connectivity index (χ0) is 15.2. The molecule has 21 heavy (non-hydrogen) atoms. The van der Waals surface area contributed by atoms with Crippen LogP contribution in [0.5, 0.6) is 11.5 Å². The van der Waals surface area contributed by atoms with E-state index < -0.39 is 0 Å². The number of rotatable bonds is 6. The van der Waals surface area contributed by atoms with Crippen molar-refractivity contribution in [3.63, 3.8) is 0 Å². The molecule has 0 bridgehead atoms. The molecule has 0 aliphatic carbocycles. The second kappa shape index (κ2) is 6.88. The Hall–Kier alpha value is -2.36. The average molecular weight is 285 g/mol. The minimum Gasteiger partial charge on any atom is -0.493 e. The predicted molar refractivity (Wildman–Crippen MR) is 81.2 cm³/mol. The summed E-state index contributed by atoms with van der Waals surface area (Å²) < 4.78 is 10.4. The summed E-state index contributed by atoms with van der Waals surface area (Å²) in [5, 5.41) is 0. The van der Waals surface area contributed by atoms with Gasteiger partial charge in [-0.25, -0.2) is 0 Å². The number of aromatic nitrogens is 1. The van der Waals surface area contributed by atoms with Gasteiger partial charge in [0.05, 0.1) is 14.2 Å². The van der Waals surface area contributed by atoms with Gasteiger partial charge in [-0.15, -0.1) is 0 Å². The molecule has 0 atom stereocenters. The Morgan fingerprint density at radius 2 is 1.86 bits per heavy atom. The summed E-state index contributed by atoms with van der Waals surface area (Å²) in [6, 6.07) is 11.1. The van der Waals surface area contributed by atoms with Gasteiger partial charge < -0.3 is 9.47 Å². The fourth-order valence-corrected chi connectivity index (χ4v) is 2.13.